The molecule has 0 bridgehead atoms. The molecule has 4 N–H and O–H groups in total. The molecule has 8 nitrogen and oxygen atoms in total. The van der Waals surface area contributed by atoms with Crippen LogP contribution in [0.25, 0.3) is 0 Å². The predicted octanol–water partition coefficient (Wildman–Crippen LogP) is 1.78. The number of nitrogens with two attached hydrogens (primary N) is 1. The predicted molar refractivity (Wildman–Crippen MR) is 96.8 cm³/mol. The Morgan fingerprint density at radius 1 is 1.46 bits per heavy atom. The molecular formula is C17H16ClF2N5O3. The van der Waals surface area contributed by atoms with Crippen molar-refractivity contribution in [3.8, 4) is 6.07 Å². The maximum atomic E-state index is 14.5. The average Bonchev–Trinajstić information content (AvgIpc) is 3.05. The lowest BCUT2D eigenvalue weighted by Crippen LogP contribution is -2.32. The van der Waals surface area contributed by atoms with Gasteiger partial charge in [0.1, 0.15) is 23.5 Å². The number of hydrogen-bond acceptors (Lipinski definition) is 6. The van der Waals surface area contributed by atoms with Gasteiger partial charge in [-0.05, 0) is 6.07 Å². The van der Waals surface area contributed by atoms with Crippen molar-refractivity contribution in [2.24, 2.45) is 5.73 Å². The minimum absolute atomic E-state index is 0. The zero-order chi connectivity index (χ0) is 19.6. The molecule has 0 radical (unpaired) electrons. The van der Waals surface area contributed by atoms with Crippen LogP contribution in [-0.4, -0.2) is 40.6 Å². The molecule has 1 atom stereocenters. The second-order valence-electron chi connectivity index (χ2n) is 5.67. The zero-order valence-electron chi connectivity index (χ0n) is 14.4. The number of ether oxygens (including phenoxy) is 1. The number of nitrogens with one attached hydrogen (secondary N) is 1. The lowest BCUT2D eigenvalue weighted by molar-refractivity contribution is -0.133. The van der Waals surface area contributed by atoms with Gasteiger partial charge in [-0.15, -0.1) is 12.4 Å². The fraction of sp³-hybridized carbons (Fsp3) is 0.235. The Labute approximate surface area is 164 Å². The lowest BCUT2D eigenvalue weighted by atomic mass is 9.94. The molecule has 3 rings (SSSR count). The van der Waals surface area contributed by atoms with E-state index < -0.39 is 23.6 Å². The summed E-state index contributed by atoms with van der Waals surface area (Å²) in [6.45, 7) is 0.225. The number of fused-ring (bicyclic) bond motifs is 1. The number of carbonyl (C=O) groups is 1. The highest BCUT2D eigenvalue weighted by molar-refractivity contribution is 5.91. The number of aliphatic carboxylic acids is 1. The van der Waals surface area contributed by atoms with Gasteiger partial charge in [0.05, 0.1) is 30.7 Å². The van der Waals surface area contributed by atoms with Gasteiger partial charge in [-0.25, -0.2) is 18.3 Å². The lowest BCUT2D eigenvalue weighted by Gasteiger charge is -2.29. The molecule has 1 aliphatic rings. The number of aromatic nitrogens is 2. The average molecular weight is 412 g/mol. The molecule has 11 heteroatoms. The third-order valence-electron chi connectivity index (χ3n) is 4.04. The van der Waals surface area contributed by atoms with E-state index in [2.05, 4.69) is 10.4 Å². The summed E-state index contributed by atoms with van der Waals surface area (Å²) in [5, 5.41) is 25.8. The topological polar surface area (TPSA) is 126 Å². The highest BCUT2D eigenvalue weighted by Gasteiger charge is 2.37. The summed E-state index contributed by atoms with van der Waals surface area (Å²) >= 11 is 0. The molecular weight excluding hydrogens is 396 g/mol. The van der Waals surface area contributed by atoms with Gasteiger partial charge >= 0.3 is 5.97 Å². The molecule has 1 unspecified atom stereocenters. The van der Waals surface area contributed by atoms with Crippen molar-refractivity contribution in [1.82, 2.24) is 9.78 Å². The smallest absolute Gasteiger partial charge is 0.335 e. The molecule has 28 heavy (non-hydrogen) atoms. The molecule has 0 aliphatic carbocycles. The molecule has 1 aromatic heterocycles. The summed E-state index contributed by atoms with van der Waals surface area (Å²) in [6.07, 6.45) is 1.22. The van der Waals surface area contributed by atoms with Crippen molar-refractivity contribution in [2.45, 2.75) is 6.04 Å². The molecule has 1 aliphatic heterocycles. The molecule has 1 aromatic carbocycles. The first-order valence-electron chi connectivity index (χ1n) is 7.92. The number of nitrogens with zero attached hydrogens (tertiary/aromatic N) is 3. The summed E-state index contributed by atoms with van der Waals surface area (Å²) in [7, 11) is 0. The van der Waals surface area contributed by atoms with Crippen LogP contribution >= 0.6 is 12.4 Å². The van der Waals surface area contributed by atoms with Gasteiger partial charge in [-0.2, -0.15) is 10.4 Å². The van der Waals surface area contributed by atoms with Crippen LogP contribution in [0.5, 0.6) is 0 Å². The molecule has 2 heterocycles. The number of anilines is 1. The Kier molecular flexibility index (Phi) is 6.69. The number of benzene rings is 1. The van der Waals surface area contributed by atoms with Crippen molar-refractivity contribution in [3.63, 3.8) is 0 Å². The Balaban J connectivity index is 0.00000280. The summed E-state index contributed by atoms with van der Waals surface area (Å²) in [5.41, 5.74) is 5.11. The first-order valence-corrected chi connectivity index (χ1v) is 7.92. The second kappa shape index (κ2) is 8.79. The van der Waals surface area contributed by atoms with Gasteiger partial charge in [-0.3, -0.25) is 0 Å². The molecule has 148 valence electrons. The van der Waals surface area contributed by atoms with Crippen molar-refractivity contribution >= 4 is 24.2 Å². The van der Waals surface area contributed by atoms with Crippen LogP contribution < -0.4 is 11.1 Å². The van der Waals surface area contributed by atoms with Gasteiger partial charge in [0, 0.05) is 12.1 Å². The number of halogens is 3. The molecule has 0 spiro atoms. The van der Waals surface area contributed by atoms with Crippen LogP contribution in [0.15, 0.2) is 35.7 Å². The monoisotopic (exact) mass is 411 g/mol. The van der Waals surface area contributed by atoms with Crippen molar-refractivity contribution < 1.29 is 23.4 Å². The molecule has 2 aromatic rings. The number of carboxylic acid groups (broad SMARTS) is 1. The van der Waals surface area contributed by atoms with Crippen LogP contribution in [0, 0.1) is 23.0 Å². The van der Waals surface area contributed by atoms with Gasteiger partial charge in [0.2, 0.25) is 0 Å². The first-order chi connectivity index (χ1) is 13.0. The van der Waals surface area contributed by atoms with Crippen LogP contribution in [-0.2, 0) is 9.53 Å². The maximum absolute atomic E-state index is 14.5. The van der Waals surface area contributed by atoms with Crippen LogP contribution in [0.2, 0.25) is 0 Å². The Bertz CT molecular complexity index is 970. The zero-order valence-corrected chi connectivity index (χ0v) is 15.2. The van der Waals surface area contributed by atoms with E-state index in [4.69, 9.17) is 10.5 Å². The van der Waals surface area contributed by atoms with E-state index in [1.165, 1.54) is 18.3 Å². The van der Waals surface area contributed by atoms with E-state index in [-0.39, 0.29) is 60.4 Å². The van der Waals surface area contributed by atoms with Crippen molar-refractivity contribution in [1.29, 1.82) is 5.26 Å². The summed E-state index contributed by atoms with van der Waals surface area (Å²) in [4.78, 5) is 12.0. The van der Waals surface area contributed by atoms with E-state index in [1.54, 1.807) is 0 Å². The van der Waals surface area contributed by atoms with Crippen molar-refractivity contribution in [3.05, 3.63) is 58.4 Å². The number of rotatable bonds is 6. The number of hydrogen-bond donors (Lipinski definition) is 3. The molecule has 0 saturated carbocycles. The maximum Gasteiger partial charge on any atom is 0.335 e. The van der Waals surface area contributed by atoms with Gasteiger partial charge < -0.3 is 20.9 Å². The minimum atomic E-state index is -1.36. The second-order valence-corrected chi connectivity index (χ2v) is 5.67. The largest absolute Gasteiger partial charge is 0.478 e. The summed E-state index contributed by atoms with van der Waals surface area (Å²) < 4.78 is 34.7. The summed E-state index contributed by atoms with van der Waals surface area (Å²) in [5.74, 6) is -3.50. The molecule has 0 saturated heterocycles. The Morgan fingerprint density at radius 2 is 2.21 bits per heavy atom. The standard InChI is InChI=1S/C17H15F2N5O3.ClH/c18-11-3-1-2-10(14(11)19)15-13(17(25)26)12(8-27-5-4-20)23-16-9(6-21)7-22-24(15)16;/h1-3,7,15,23H,4-5,8,20H2,(H,25,26);1H. The van der Waals surface area contributed by atoms with Crippen LogP contribution in [0.3, 0.4) is 0 Å². The fourth-order valence-electron chi connectivity index (χ4n) is 2.90. The minimum Gasteiger partial charge on any atom is -0.478 e. The summed E-state index contributed by atoms with van der Waals surface area (Å²) in [6, 6.07) is 4.11. The van der Waals surface area contributed by atoms with E-state index in [9.17, 15) is 23.9 Å². The van der Waals surface area contributed by atoms with E-state index in [0.717, 1.165) is 10.7 Å². The highest BCUT2D eigenvalue weighted by atomic mass is 35.5. The molecule has 0 fully saturated rings. The number of nitriles is 1. The fourth-order valence-corrected chi connectivity index (χ4v) is 2.90. The SMILES string of the molecule is Cl.N#Cc1cnn2c1NC(COCCN)=C(C(=O)O)C2c1cccc(F)c1F. The van der Waals surface area contributed by atoms with Crippen LogP contribution in [0.1, 0.15) is 17.2 Å². The first kappa shape index (κ1) is 21.3. The molecule has 0 amide bonds. The normalized spacial score (nSPS) is 15.3. The van der Waals surface area contributed by atoms with Gasteiger partial charge in [-0.1, -0.05) is 12.1 Å². The highest BCUT2D eigenvalue weighted by Crippen LogP contribution is 2.38. The number of carboxylic acids is 1. The Morgan fingerprint density at radius 3 is 2.86 bits per heavy atom. The third kappa shape index (κ3) is 3.68. The van der Waals surface area contributed by atoms with Crippen LogP contribution in [0.4, 0.5) is 14.6 Å². The van der Waals surface area contributed by atoms with E-state index >= 15 is 0 Å². The Hall–Kier alpha value is -3.00. The van der Waals surface area contributed by atoms with Crippen molar-refractivity contribution in [2.75, 3.05) is 25.1 Å². The van der Waals surface area contributed by atoms with Gasteiger partial charge in [0.25, 0.3) is 0 Å². The van der Waals surface area contributed by atoms with E-state index in [1.807, 2.05) is 6.07 Å². The third-order valence-corrected chi connectivity index (χ3v) is 4.04. The van der Waals surface area contributed by atoms with E-state index in [0.29, 0.717) is 0 Å². The van der Waals surface area contributed by atoms with Gasteiger partial charge in [0.15, 0.2) is 11.6 Å². The quantitative estimate of drug-likeness (QED) is 0.618.